The van der Waals surface area contributed by atoms with Gasteiger partial charge in [0.2, 0.25) is 0 Å². The number of aliphatic carboxylic acids is 1. The van der Waals surface area contributed by atoms with Crippen molar-refractivity contribution in [1.82, 2.24) is 0 Å². The SMILES string of the molecule is CCCCC(O)=C(S)C(=O)O. The van der Waals surface area contributed by atoms with Crippen molar-refractivity contribution in [3.05, 3.63) is 10.7 Å². The lowest BCUT2D eigenvalue weighted by atomic mass is 10.2. The van der Waals surface area contributed by atoms with Crippen LogP contribution in [0.3, 0.4) is 0 Å². The molecule has 0 fully saturated rings. The normalized spacial score (nSPS) is 12.5. The molecule has 3 nitrogen and oxygen atoms in total. The lowest BCUT2D eigenvalue weighted by molar-refractivity contribution is -0.132. The monoisotopic (exact) mass is 176 g/mol. The Morgan fingerprint density at radius 1 is 1.45 bits per heavy atom. The van der Waals surface area contributed by atoms with Gasteiger partial charge in [-0.05, 0) is 6.42 Å². The van der Waals surface area contributed by atoms with Gasteiger partial charge in [-0.3, -0.25) is 0 Å². The van der Waals surface area contributed by atoms with Crippen molar-refractivity contribution in [2.75, 3.05) is 0 Å². The lowest BCUT2D eigenvalue weighted by Gasteiger charge is -1.99. The van der Waals surface area contributed by atoms with Crippen LogP contribution in [0, 0.1) is 0 Å². The number of aliphatic hydroxyl groups is 1. The number of hydrogen-bond acceptors (Lipinski definition) is 3. The summed E-state index contributed by atoms with van der Waals surface area (Å²) in [7, 11) is 0. The van der Waals surface area contributed by atoms with E-state index in [1.165, 1.54) is 0 Å². The third kappa shape index (κ3) is 3.93. The summed E-state index contributed by atoms with van der Waals surface area (Å²) in [5.41, 5.74) is 0. The fraction of sp³-hybridized carbons (Fsp3) is 0.571. The number of allylic oxidation sites excluding steroid dienone is 1. The molecule has 0 aromatic heterocycles. The van der Waals surface area contributed by atoms with E-state index >= 15 is 0 Å². The zero-order valence-electron chi connectivity index (χ0n) is 6.37. The zero-order chi connectivity index (χ0) is 8.85. The molecule has 0 aliphatic heterocycles. The first-order valence-corrected chi connectivity index (χ1v) is 3.88. The number of rotatable bonds is 4. The highest BCUT2D eigenvalue weighted by Crippen LogP contribution is 2.12. The highest BCUT2D eigenvalue weighted by atomic mass is 32.1. The summed E-state index contributed by atoms with van der Waals surface area (Å²) < 4.78 is 0. The Labute approximate surface area is 71.1 Å². The van der Waals surface area contributed by atoms with E-state index in [1.807, 2.05) is 6.92 Å². The molecule has 64 valence electrons. The Morgan fingerprint density at radius 3 is 2.36 bits per heavy atom. The van der Waals surface area contributed by atoms with Gasteiger partial charge in [0.05, 0.1) is 0 Å². The highest BCUT2D eigenvalue weighted by molar-refractivity contribution is 7.85. The predicted molar refractivity (Wildman–Crippen MR) is 45.8 cm³/mol. The van der Waals surface area contributed by atoms with Gasteiger partial charge in [0.1, 0.15) is 10.7 Å². The molecule has 0 aliphatic carbocycles. The summed E-state index contributed by atoms with van der Waals surface area (Å²) in [4.78, 5) is 9.96. The maximum absolute atomic E-state index is 10.2. The fourth-order valence-corrected chi connectivity index (χ4v) is 0.698. The zero-order valence-corrected chi connectivity index (χ0v) is 7.27. The molecule has 0 heterocycles. The van der Waals surface area contributed by atoms with Crippen molar-refractivity contribution in [2.24, 2.45) is 0 Å². The summed E-state index contributed by atoms with van der Waals surface area (Å²) in [6.45, 7) is 1.96. The van der Waals surface area contributed by atoms with Crippen molar-refractivity contribution < 1.29 is 15.0 Å². The maximum Gasteiger partial charge on any atom is 0.345 e. The average molecular weight is 176 g/mol. The Hall–Kier alpha value is -0.640. The standard InChI is InChI=1S/C7H12O3S/c1-2-3-4-5(8)6(11)7(9)10/h8,11H,2-4H2,1H3,(H,9,10). The smallest absolute Gasteiger partial charge is 0.345 e. The lowest BCUT2D eigenvalue weighted by Crippen LogP contribution is -1.98. The number of thiol groups is 1. The van der Waals surface area contributed by atoms with E-state index in [2.05, 4.69) is 12.6 Å². The minimum atomic E-state index is -1.18. The first-order chi connectivity index (χ1) is 5.09. The number of carbonyl (C=O) groups is 1. The van der Waals surface area contributed by atoms with E-state index < -0.39 is 5.97 Å². The van der Waals surface area contributed by atoms with E-state index in [9.17, 15) is 4.79 Å². The number of unbranched alkanes of at least 4 members (excludes halogenated alkanes) is 1. The molecule has 0 aromatic carbocycles. The number of carboxylic acid groups (broad SMARTS) is 1. The summed E-state index contributed by atoms with van der Waals surface area (Å²) in [5.74, 6) is -1.32. The largest absolute Gasteiger partial charge is 0.511 e. The van der Waals surface area contributed by atoms with Crippen LogP contribution >= 0.6 is 12.6 Å². The predicted octanol–water partition coefficient (Wildman–Crippen LogP) is 1.96. The number of aliphatic hydroxyl groups excluding tert-OH is 1. The van der Waals surface area contributed by atoms with Gasteiger partial charge in [-0.25, -0.2) is 4.79 Å². The molecule has 0 unspecified atom stereocenters. The third-order valence-corrected chi connectivity index (χ3v) is 1.69. The molecule has 0 atom stereocenters. The van der Waals surface area contributed by atoms with E-state index in [-0.39, 0.29) is 10.7 Å². The maximum atomic E-state index is 10.2. The summed E-state index contributed by atoms with van der Waals surface area (Å²) in [6, 6.07) is 0. The first kappa shape index (κ1) is 10.4. The molecule has 4 heteroatoms. The third-order valence-electron chi connectivity index (χ3n) is 1.24. The van der Waals surface area contributed by atoms with E-state index in [0.717, 1.165) is 12.8 Å². The molecule has 0 aromatic rings. The molecule has 0 aliphatic rings. The van der Waals surface area contributed by atoms with Crippen molar-refractivity contribution in [3.8, 4) is 0 Å². The minimum Gasteiger partial charge on any atom is -0.511 e. The van der Waals surface area contributed by atoms with Crippen LogP contribution in [0.5, 0.6) is 0 Å². The first-order valence-electron chi connectivity index (χ1n) is 3.44. The van der Waals surface area contributed by atoms with Gasteiger partial charge in [-0.2, -0.15) is 0 Å². The van der Waals surface area contributed by atoms with Gasteiger partial charge in [0.15, 0.2) is 0 Å². The van der Waals surface area contributed by atoms with Crippen molar-refractivity contribution in [3.63, 3.8) is 0 Å². The van der Waals surface area contributed by atoms with Gasteiger partial charge in [0, 0.05) is 6.42 Å². The second-order valence-electron chi connectivity index (χ2n) is 2.20. The van der Waals surface area contributed by atoms with Crippen LogP contribution in [-0.4, -0.2) is 16.2 Å². The fourth-order valence-electron chi connectivity index (χ4n) is 0.586. The molecule has 0 rings (SSSR count). The topological polar surface area (TPSA) is 57.5 Å². The molecular weight excluding hydrogens is 164 g/mol. The van der Waals surface area contributed by atoms with Crippen LogP contribution in [-0.2, 0) is 4.79 Å². The van der Waals surface area contributed by atoms with Crippen LogP contribution in [0.15, 0.2) is 10.7 Å². The molecule has 0 saturated carbocycles. The number of carboxylic acids is 1. The van der Waals surface area contributed by atoms with Crippen LogP contribution in [0.25, 0.3) is 0 Å². The molecular formula is C7H12O3S. The molecule has 11 heavy (non-hydrogen) atoms. The molecule has 0 radical (unpaired) electrons. The van der Waals surface area contributed by atoms with Crippen molar-refractivity contribution in [1.29, 1.82) is 0 Å². The van der Waals surface area contributed by atoms with E-state index in [0.29, 0.717) is 6.42 Å². The van der Waals surface area contributed by atoms with Crippen LogP contribution in [0.1, 0.15) is 26.2 Å². The molecule has 0 amide bonds. The van der Waals surface area contributed by atoms with Crippen molar-refractivity contribution in [2.45, 2.75) is 26.2 Å². The Morgan fingerprint density at radius 2 is 2.00 bits per heavy atom. The Balaban J connectivity index is 4.05. The second-order valence-corrected chi connectivity index (χ2v) is 2.65. The summed E-state index contributed by atoms with van der Waals surface area (Å²) in [5, 5.41) is 17.4. The molecule has 2 N–H and O–H groups in total. The van der Waals surface area contributed by atoms with Crippen LogP contribution < -0.4 is 0 Å². The van der Waals surface area contributed by atoms with Gasteiger partial charge >= 0.3 is 5.97 Å². The van der Waals surface area contributed by atoms with E-state index in [1.54, 1.807) is 0 Å². The van der Waals surface area contributed by atoms with Gasteiger partial charge in [0.25, 0.3) is 0 Å². The Bertz CT molecular complexity index is 175. The van der Waals surface area contributed by atoms with E-state index in [4.69, 9.17) is 10.2 Å². The van der Waals surface area contributed by atoms with Crippen LogP contribution in [0.2, 0.25) is 0 Å². The van der Waals surface area contributed by atoms with Gasteiger partial charge in [-0.15, -0.1) is 12.6 Å². The molecule has 0 bridgehead atoms. The summed E-state index contributed by atoms with van der Waals surface area (Å²) >= 11 is 3.62. The second kappa shape index (κ2) is 5.07. The molecule has 0 spiro atoms. The number of hydrogen-bond donors (Lipinski definition) is 3. The Kier molecular flexibility index (Phi) is 4.77. The van der Waals surface area contributed by atoms with Gasteiger partial charge in [-0.1, -0.05) is 13.3 Å². The quantitative estimate of drug-likeness (QED) is 0.348. The average Bonchev–Trinajstić information content (AvgIpc) is 1.98. The summed E-state index contributed by atoms with van der Waals surface area (Å²) in [6.07, 6.45) is 2.09. The van der Waals surface area contributed by atoms with Crippen LogP contribution in [0.4, 0.5) is 0 Å². The van der Waals surface area contributed by atoms with Crippen molar-refractivity contribution >= 4 is 18.6 Å². The highest BCUT2D eigenvalue weighted by Gasteiger charge is 2.07. The van der Waals surface area contributed by atoms with Gasteiger partial charge < -0.3 is 10.2 Å². The molecule has 0 saturated heterocycles. The minimum absolute atomic E-state index is 0.136.